The summed E-state index contributed by atoms with van der Waals surface area (Å²) in [5.41, 5.74) is 14.1. The summed E-state index contributed by atoms with van der Waals surface area (Å²) in [5, 5.41) is 9.69. The van der Waals surface area contributed by atoms with E-state index in [9.17, 15) is 0 Å². The maximum absolute atomic E-state index is 5.28. The van der Waals surface area contributed by atoms with Crippen molar-refractivity contribution in [1.29, 1.82) is 0 Å². The van der Waals surface area contributed by atoms with Gasteiger partial charge >= 0.3 is 0 Å². The van der Waals surface area contributed by atoms with Gasteiger partial charge in [0.05, 0.1) is 11.4 Å². The Labute approximate surface area is 353 Å². The minimum Gasteiger partial charge on any atom is -0.296 e. The molecule has 3 heterocycles. The summed E-state index contributed by atoms with van der Waals surface area (Å²) in [7, 11) is 0. The summed E-state index contributed by atoms with van der Waals surface area (Å²) in [5.74, 6) is 0.967. The molecule has 12 rings (SSSR count). The fraction of sp³-hybridized carbons (Fsp3) is 0.0351. The van der Waals surface area contributed by atoms with Crippen molar-refractivity contribution in [3.05, 3.63) is 212 Å². The number of imidazole rings is 1. The van der Waals surface area contributed by atoms with Crippen molar-refractivity contribution in [1.82, 2.24) is 19.5 Å². The SMILES string of the molecule is C1=Cc2nc(-c3cccc(-c4c5ccccc5c(-c5ccc6c(-c7ccncc7)c7ccccc7c(-c7ccncc7)c6c5)c5ccccc45)c3)n(-c3ccccc3)c2CC1. The number of para-hydroxylation sites is 1. The van der Waals surface area contributed by atoms with E-state index in [0.29, 0.717) is 0 Å². The zero-order valence-corrected chi connectivity index (χ0v) is 33.3. The zero-order valence-electron chi connectivity index (χ0n) is 33.3. The van der Waals surface area contributed by atoms with Gasteiger partial charge in [0.2, 0.25) is 0 Å². The average molecular weight is 779 g/mol. The third-order valence-corrected chi connectivity index (χ3v) is 12.4. The summed E-state index contributed by atoms with van der Waals surface area (Å²) < 4.78 is 2.36. The largest absolute Gasteiger partial charge is 0.296 e. The summed E-state index contributed by atoms with van der Waals surface area (Å²) >= 11 is 0. The van der Waals surface area contributed by atoms with Gasteiger partial charge in [0.1, 0.15) is 5.82 Å². The van der Waals surface area contributed by atoms with Gasteiger partial charge in [0.25, 0.3) is 0 Å². The molecule has 3 aromatic heterocycles. The zero-order chi connectivity index (χ0) is 40.3. The molecule has 0 N–H and O–H groups in total. The molecule has 286 valence electrons. The molecule has 1 aliphatic rings. The van der Waals surface area contributed by atoms with Crippen LogP contribution in [0.3, 0.4) is 0 Å². The van der Waals surface area contributed by atoms with Crippen LogP contribution in [0.25, 0.3) is 111 Å². The second-order valence-corrected chi connectivity index (χ2v) is 15.8. The number of rotatable bonds is 6. The highest BCUT2D eigenvalue weighted by atomic mass is 15.1. The molecule has 0 aliphatic heterocycles. The lowest BCUT2D eigenvalue weighted by molar-refractivity contribution is 0.878. The van der Waals surface area contributed by atoms with Crippen molar-refractivity contribution < 1.29 is 0 Å². The van der Waals surface area contributed by atoms with Gasteiger partial charge < -0.3 is 0 Å². The Bertz CT molecular complexity index is 3460. The molecule has 0 saturated heterocycles. The first-order valence-corrected chi connectivity index (χ1v) is 21.0. The van der Waals surface area contributed by atoms with E-state index in [1.165, 1.54) is 82.2 Å². The third kappa shape index (κ3) is 5.71. The van der Waals surface area contributed by atoms with Gasteiger partial charge in [-0.25, -0.2) is 4.98 Å². The minimum atomic E-state index is 0.963. The molecule has 11 aromatic rings. The van der Waals surface area contributed by atoms with Crippen LogP contribution in [0.2, 0.25) is 0 Å². The molecule has 0 unspecified atom stereocenters. The number of benzene rings is 8. The predicted octanol–water partition coefficient (Wildman–Crippen LogP) is 14.6. The normalized spacial score (nSPS) is 12.4. The number of fused-ring (bicyclic) bond motifs is 5. The second kappa shape index (κ2) is 14.4. The molecular formula is C57H38N4. The molecule has 4 nitrogen and oxygen atoms in total. The standard InChI is InChI=1S/C57H38N4/c1-2-15-42(16-3-1)61-52-24-11-10-23-51(52)60-57(61)41-14-12-13-39(35-41)55-45-19-6-8-21-47(45)56(48-22-9-7-20-46(48)55)40-25-26-49-50(36-40)54(38-29-33-59-34-30-38)44-18-5-4-17-43(44)53(49)37-27-31-58-32-28-37/h1-10,12-23,25-36H,11,24H2. The first-order chi connectivity index (χ1) is 30.3. The molecule has 0 radical (unpaired) electrons. The molecule has 4 heteroatoms. The molecule has 0 bridgehead atoms. The van der Waals surface area contributed by atoms with Crippen molar-refractivity contribution in [3.8, 4) is 61.6 Å². The van der Waals surface area contributed by atoms with Gasteiger partial charge in [-0.15, -0.1) is 0 Å². The Hall–Kier alpha value is -7.95. The minimum absolute atomic E-state index is 0.963. The van der Waals surface area contributed by atoms with Crippen LogP contribution >= 0.6 is 0 Å². The van der Waals surface area contributed by atoms with Gasteiger partial charge in [0.15, 0.2) is 0 Å². The Morgan fingerprint density at radius 3 is 1.43 bits per heavy atom. The Morgan fingerprint density at radius 2 is 0.852 bits per heavy atom. The van der Waals surface area contributed by atoms with Crippen molar-refractivity contribution >= 4 is 49.2 Å². The van der Waals surface area contributed by atoms with Crippen molar-refractivity contribution in [2.24, 2.45) is 0 Å². The van der Waals surface area contributed by atoms with Crippen molar-refractivity contribution in [2.75, 3.05) is 0 Å². The molecule has 0 fully saturated rings. The summed E-state index contributed by atoms with van der Waals surface area (Å²) in [6.07, 6.45) is 14.0. The van der Waals surface area contributed by atoms with Crippen molar-refractivity contribution in [3.63, 3.8) is 0 Å². The van der Waals surface area contributed by atoms with Gasteiger partial charge in [-0.05, 0) is 155 Å². The van der Waals surface area contributed by atoms with Crippen LogP contribution in [0.4, 0.5) is 0 Å². The lowest BCUT2D eigenvalue weighted by atomic mass is 9.83. The Kier molecular flexibility index (Phi) is 8.27. The van der Waals surface area contributed by atoms with E-state index in [0.717, 1.165) is 46.7 Å². The number of pyridine rings is 2. The highest BCUT2D eigenvalue weighted by molar-refractivity contribution is 6.25. The monoisotopic (exact) mass is 778 g/mol. The van der Waals surface area contributed by atoms with Crippen LogP contribution in [-0.2, 0) is 6.42 Å². The highest BCUT2D eigenvalue weighted by Crippen LogP contribution is 2.48. The summed E-state index contributed by atoms with van der Waals surface area (Å²) in [6, 6.07) is 61.9. The lowest BCUT2D eigenvalue weighted by Crippen LogP contribution is -2.04. The van der Waals surface area contributed by atoms with Crippen LogP contribution < -0.4 is 0 Å². The van der Waals surface area contributed by atoms with Gasteiger partial charge in [-0.3, -0.25) is 14.5 Å². The van der Waals surface area contributed by atoms with Crippen LogP contribution in [0.5, 0.6) is 0 Å². The topological polar surface area (TPSA) is 43.6 Å². The first-order valence-electron chi connectivity index (χ1n) is 21.0. The maximum atomic E-state index is 5.28. The summed E-state index contributed by atoms with van der Waals surface area (Å²) in [6.45, 7) is 0. The van der Waals surface area contributed by atoms with E-state index in [1.807, 2.05) is 24.8 Å². The van der Waals surface area contributed by atoms with Gasteiger partial charge in [0, 0.05) is 36.0 Å². The number of aromatic nitrogens is 4. The smallest absolute Gasteiger partial charge is 0.145 e. The van der Waals surface area contributed by atoms with E-state index in [1.54, 1.807) is 0 Å². The van der Waals surface area contributed by atoms with E-state index >= 15 is 0 Å². The molecule has 1 aliphatic carbocycles. The van der Waals surface area contributed by atoms with Crippen molar-refractivity contribution in [2.45, 2.75) is 12.8 Å². The average Bonchev–Trinajstić information content (AvgIpc) is 3.73. The summed E-state index contributed by atoms with van der Waals surface area (Å²) in [4.78, 5) is 14.1. The molecule has 0 saturated carbocycles. The number of allylic oxidation sites excluding steroid dienone is 1. The molecule has 61 heavy (non-hydrogen) atoms. The molecule has 8 aromatic carbocycles. The van der Waals surface area contributed by atoms with Crippen LogP contribution in [0.15, 0.2) is 201 Å². The number of hydrogen-bond acceptors (Lipinski definition) is 3. The van der Waals surface area contributed by atoms with Crippen LogP contribution in [0.1, 0.15) is 17.8 Å². The van der Waals surface area contributed by atoms with Gasteiger partial charge in [-0.1, -0.05) is 127 Å². The van der Waals surface area contributed by atoms with E-state index < -0.39 is 0 Å². The van der Waals surface area contributed by atoms with Gasteiger partial charge in [-0.2, -0.15) is 0 Å². The fourth-order valence-corrected chi connectivity index (χ4v) is 9.87. The molecular weight excluding hydrogens is 741 g/mol. The molecule has 0 atom stereocenters. The highest BCUT2D eigenvalue weighted by Gasteiger charge is 2.23. The Balaban J connectivity index is 1.11. The lowest BCUT2D eigenvalue weighted by Gasteiger charge is -2.21. The maximum Gasteiger partial charge on any atom is 0.145 e. The molecule has 0 amide bonds. The first kappa shape index (κ1) is 35.0. The number of nitrogens with zero attached hydrogens (tertiary/aromatic N) is 4. The quantitative estimate of drug-likeness (QED) is 0.158. The van der Waals surface area contributed by atoms with E-state index in [4.69, 9.17) is 4.98 Å². The van der Waals surface area contributed by atoms with Crippen LogP contribution in [-0.4, -0.2) is 19.5 Å². The third-order valence-electron chi connectivity index (χ3n) is 12.4. The van der Waals surface area contributed by atoms with Crippen LogP contribution in [0, 0.1) is 0 Å². The second-order valence-electron chi connectivity index (χ2n) is 15.8. The molecule has 0 spiro atoms. The van der Waals surface area contributed by atoms with E-state index in [2.05, 4.69) is 197 Å². The number of hydrogen-bond donors (Lipinski definition) is 0. The van der Waals surface area contributed by atoms with E-state index in [-0.39, 0.29) is 0 Å². The fourth-order valence-electron chi connectivity index (χ4n) is 9.87. The Morgan fingerprint density at radius 1 is 0.377 bits per heavy atom. The predicted molar refractivity (Wildman–Crippen MR) is 254 cm³/mol.